The van der Waals surface area contributed by atoms with Crippen LogP contribution in [0.15, 0.2) is 35.0 Å². The van der Waals surface area contributed by atoms with Gasteiger partial charge in [-0.15, -0.1) is 0 Å². The van der Waals surface area contributed by atoms with Crippen LogP contribution in [-0.4, -0.2) is 46.0 Å². The molecule has 11 heteroatoms. The Labute approximate surface area is 205 Å². The van der Waals surface area contributed by atoms with E-state index in [4.69, 9.17) is 4.42 Å². The Kier molecular flexibility index (Phi) is 7.58. The van der Waals surface area contributed by atoms with Crippen molar-refractivity contribution in [2.45, 2.75) is 58.2 Å². The topological polar surface area (TPSA) is 99.2 Å². The van der Waals surface area contributed by atoms with Gasteiger partial charge < -0.3 is 14.5 Å². The monoisotopic (exact) mass is 504 g/mol. The number of nitrogens with one attached hydrogen (secondary N) is 1. The van der Waals surface area contributed by atoms with Crippen LogP contribution in [0.5, 0.6) is 0 Å². The van der Waals surface area contributed by atoms with Crippen LogP contribution in [0.2, 0.25) is 0 Å². The highest BCUT2D eigenvalue weighted by Crippen LogP contribution is 2.34. The fourth-order valence-electron chi connectivity index (χ4n) is 4.31. The number of rotatable bonds is 9. The normalized spacial score (nSPS) is 13.7. The van der Waals surface area contributed by atoms with Crippen molar-refractivity contribution in [3.8, 4) is 11.3 Å². The minimum absolute atomic E-state index is 0.119. The molecule has 3 aromatic rings. The molecule has 1 N–H and O–H groups in total. The van der Waals surface area contributed by atoms with E-state index in [-0.39, 0.29) is 18.2 Å². The SMILES string of the molecule is Cc1ccc(C(C)CCNCCCn2nc3c(c2C(=O)OC(=O)C(F)(F)F)CCc2cnccc2-3)o1. The molecule has 0 radical (unpaired) electrons. The minimum Gasteiger partial charge on any atom is -0.466 e. The van der Waals surface area contributed by atoms with Crippen molar-refractivity contribution in [3.63, 3.8) is 0 Å². The van der Waals surface area contributed by atoms with Crippen molar-refractivity contribution in [1.29, 1.82) is 0 Å². The van der Waals surface area contributed by atoms with E-state index < -0.39 is 18.1 Å². The quantitative estimate of drug-likeness (QED) is 0.263. The summed E-state index contributed by atoms with van der Waals surface area (Å²) in [5, 5.41) is 7.86. The first-order valence-corrected chi connectivity index (χ1v) is 11.8. The van der Waals surface area contributed by atoms with Crippen molar-refractivity contribution >= 4 is 11.9 Å². The molecule has 0 aromatic carbocycles. The maximum Gasteiger partial charge on any atom is 0.491 e. The standard InChI is InChI=1S/C25H27F3N4O4/c1-15(20-7-4-16(2)35-20)8-11-29-10-3-13-32-22(23(33)36-24(34)25(26,27)28)19-6-5-17-14-30-12-9-18(17)21(19)31-32/h4,7,9,12,14-15,29H,3,5-6,8,10-11,13H2,1-2H3. The number of alkyl halides is 3. The molecule has 36 heavy (non-hydrogen) atoms. The molecular weight excluding hydrogens is 477 g/mol. The number of furan rings is 1. The molecule has 8 nitrogen and oxygen atoms in total. The molecule has 0 spiro atoms. The minimum atomic E-state index is -5.27. The fourth-order valence-corrected chi connectivity index (χ4v) is 4.31. The number of ether oxygens (including phenoxy) is 1. The molecule has 3 heterocycles. The van der Waals surface area contributed by atoms with Crippen molar-refractivity contribution in [2.75, 3.05) is 13.1 Å². The predicted molar refractivity (Wildman–Crippen MR) is 123 cm³/mol. The number of hydrogen-bond donors (Lipinski definition) is 1. The van der Waals surface area contributed by atoms with Crippen LogP contribution in [0, 0.1) is 6.92 Å². The van der Waals surface area contributed by atoms with E-state index in [1.54, 1.807) is 18.5 Å². The van der Waals surface area contributed by atoms with Gasteiger partial charge in [-0.3, -0.25) is 9.67 Å². The first-order chi connectivity index (χ1) is 17.1. The molecule has 1 unspecified atom stereocenters. The summed E-state index contributed by atoms with van der Waals surface area (Å²) >= 11 is 0. The number of esters is 2. The summed E-state index contributed by atoms with van der Waals surface area (Å²) in [4.78, 5) is 28.1. The highest BCUT2D eigenvalue weighted by Gasteiger charge is 2.43. The van der Waals surface area contributed by atoms with Gasteiger partial charge in [-0.05, 0) is 69.5 Å². The number of nitrogens with zero attached hydrogens (tertiary/aromatic N) is 3. The first kappa shape index (κ1) is 25.6. The van der Waals surface area contributed by atoms with E-state index in [9.17, 15) is 22.8 Å². The van der Waals surface area contributed by atoms with E-state index in [0.717, 1.165) is 35.6 Å². The van der Waals surface area contributed by atoms with Crippen molar-refractivity contribution < 1.29 is 31.9 Å². The summed E-state index contributed by atoms with van der Waals surface area (Å²) in [6.07, 6.45) is 0.376. The zero-order valence-corrected chi connectivity index (χ0v) is 20.0. The number of halogens is 3. The number of aryl methyl sites for hydroxylation is 3. The lowest BCUT2D eigenvalue weighted by atomic mass is 9.90. The molecule has 0 saturated heterocycles. The van der Waals surface area contributed by atoms with Crippen LogP contribution in [0.3, 0.4) is 0 Å². The Balaban J connectivity index is 1.43. The molecule has 192 valence electrons. The van der Waals surface area contributed by atoms with Gasteiger partial charge in [0, 0.05) is 36.0 Å². The Hall–Kier alpha value is -3.47. The third-order valence-corrected chi connectivity index (χ3v) is 6.19. The van der Waals surface area contributed by atoms with Crippen LogP contribution in [0.4, 0.5) is 13.2 Å². The largest absolute Gasteiger partial charge is 0.491 e. The van der Waals surface area contributed by atoms with E-state index >= 15 is 0 Å². The molecule has 0 amide bonds. The Bertz CT molecular complexity index is 1250. The summed E-state index contributed by atoms with van der Waals surface area (Å²) in [5.41, 5.74) is 2.56. The van der Waals surface area contributed by atoms with Gasteiger partial charge in [0.15, 0.2) is 5.69 Å². The smallest absolute Gasteiger partial charge is 0.466 e. The Morgan fingerprint density at radius 2 is 2.03 bits per heavy atom. The lowest BCUT2D eigenvalue weighted by molar-refractivity contribution is -0.193. The average Bonchev–Trinajstić information content (AvgIpc) is 3.44. The van der Waals surface area contributed by atoms with E-state index in [2.05, 4.69) is 27.1 Å². The van der Waals surface area contributed by atoms with Gasteiger partial charge in [-0.2, -0.15) is 18.3 Å². The average molecular weight is 505 g/mol. The highest BCUT2D eigenvalue weighted by atomic mass is 19.4. The summed E-state index contributed by atoms with van der Waals surface area (Å²) in [7, 11) is 0. The molecule has 0 saturated carbocycles. The molecule has 0 fully saturated rings. The van der Waals surface area contributed by atoms with E-state index in [1.165, 1.54) is 4.68 Å². The molecule has 3 aromatic heterocycles. The number of aromatic nitrogens is 3. The van der Waals surface area contributed by atoms with Crippen LogP contribution < -0.4 is 5.32 Å². The number of fused-ring (bicyclic) bond motifs is 3. The maximum absolute atomic E-state index is 12.7. The van der Waals surface area contributed by atoms with Gasteiger partial charge in [0.05, 0.1) is 5.69 Å². The van der Waals surface area contributed by atoms with Gasteiger partial charge in [0.1, 0.15) is 11.5 Å². The van der Waals surface area contributed by atoms with Crippen LogP contribution in [0.1, 0.15) is 58.8 Å². The number of hydrogen-bond acceptors (Lipinski definition) is 7. The maximum atomic E-state index is 12.7. The Morgan fingerprint density at radius 3 is 2.75 bits per heavy atom. The number of carbonyl (C=O) groups is 2. The highest BCUT2D eigenvalue weighted by molar-refractivity contribution is 5.99. The molecule has 4 rings (SSSR count). The van der Waals surface area contributed by atoms with Crippen LogP contribution >= 0.6 is 0 Å². The summed E-state index contributed by atoms with van der Waals surface area (Å²) in [6.45, 7) is 5.59. The van der Waals surface area contributed by atoms with Crippen molar-refractivity contribution in [1.82, 2.24) is 20.1 Å². The number of carbonyl (C=O) groups excluding carboxylic acids is 2. The second-order valence-electron chi connectivity index (χ2n) is 8.85. The fraction of sp³-hybridized carbons (Fsp3) is 0.440. The van der Waals surface area contributed by atoms with Gasteiger partial charge in [0.2, 0.25) is 0 Å². The predicted octanol–water partition coefficient (Wildman–Crippen LogP) is 4.36. The van der Waals surface area contributed by atoms with E-state index in [0.29, 0.717) is 37.1 Å². The van der Waals surface area contributed by atoms with Gasteiger partial charge in [0.25, 0.3) is 0 Å². The van der Waals surface area contributed by atoms with Gasteiger partial charge in [-0.1, -0.05) is 6.92 Å². The van der Waals surface area contributed by atoms with Crippen molar-refractivity contribution in [2.24, 2.45) is 0 Å². The second kappa shape index (κ2) is 10.7. The second-order valence-corrected chi connectivity index (χ2v) is 8.85. The summed E-state index contributed by atoms with van der Waals surface area (Å²) < 4.78 is 49.3. The Morgan fingerprint density at radius 1 is 1.22 bits per heavy atom. The lowest BCUT2D eigenvalue weighted by Gasteiger charge is -2.15. The van der Waals surface area contributed by atoms with Gasteiger partial charge >= 0.3 is 18.1 Å². The zero-order chi connectivity index (χ0) is 25.9. The van der Waals surface area contributed by atoms with Crippen molar-refractivity contribution in [3.05, 3.63) is 58.9 Å². The molecule has 1 aliphatic rings. The van der Waals surface area contributed by atoms with Crippen LogP contribution in [0.25, 0.3) is 11.3 Å². The molecule has 0 bridgehead atoms. The molecule has 1 atom stereocenters. The lowest BCUT2D eigenvalue weighted by Crippen LogP contribution is -2.29. The molecule has 1 aliphatic carbocycles. The van der Waals surface area contributed by atoms with Crippen LogP contribution in [-0.2, 0) is 28.9 Å². The van der Waals surface area contributed by atoms with E-state index in [1.807, 2.05) is 19.1 Å². The molecule has 0 aliphatic heterocycles. The third-order valence-electron chi connectivity index (χ3n) is 6.19. The zero-order valence-electron chi connectivity index (χ0n) is 20.0. The van der Waals surface area contributed by atoms with Gasteiger partial charge in [-0.25, -0.2) is 9.59 Å². The summed E-state index contributed by atoms with van der Waals surface area (Å²) in [5.74, 6) is -1.83. The molecular formula is C25H27F3N4O4. The third kappa shape index (κ3) is 5.67. The summed E-state index contributed by atoms with van der Waals surface area (Å²) in [6, 6.07) is 5.66. The number of pyridine rings is 1. The first-order valence-electron chi connectivity index (χ1n) is 11.8.